The van der Waals surface area contributed by atoms with Crippen LogP contribution in [0.15, 0.2) is 58.1 Å². The zero-order chi connectivity index (χ0) is 19.6. The van der Waals surface area contributed by atoms with Crippen molar-refractivity contribution in [1.29, 1.82) is 0 Å². The fourth-order valence-electron chi connectivity index (χ4n) is 4.69. The summed E-state index contributed by atoms with van der Waals surface area (Å²) < 4.78 is 5.45. The molecule has 1 fully saturated rings. The second kappa shape index (κ2) is 8.40. The summed E-state index contributed by atoms with van der Waals surface area (Å²) in [5, 5.41) is 16.1. The molecule has 0 spiro atoms. The largest absolute Gasteiger partial charge is 0.389 e. The summed E-state index contributed by atoms with van der Waals surface area (Å²) in [4.78, 5) is 6.82. The van der Waals surface area contributed by atoms with Gasteiger partial charge in [-0.15, -0.1) is 11.3 Å². The van der Waals surface area contributed by atoms with Gasteiger partial charge < -0.3 is 20.1 Å². The van der Waals surface area contributed by atoms with E-state index in [1.165, 1.54) is 28.0 Å². The van der Waals surface area contributed by atoms with Gasteiger partial charge in [-0.2, -0.15) is 0 Å². The van der Waals surface area contributed by atoms with E-state index in [0.29, 0.717) is 6.61 Å². The van der Waals surface area contributed by atoms with Crippen molar-refractivity contribution in [2.24, 2.45) is 0 Å². The third-order valence-electron chi connectivity index (χ3n) is 6.23. The second-order valence-electron chi connectivity index (χ2n) is 7.98. The first-order valence-corrected chi connectivity index (χ1v) is 11.4. The Morgan fingerprint density at radius 2 is 2.17 bits per heavy atom. The Bertz CT molecular complexity index is 905. The van der Waals surface area contributed by atoms with Crippen molar-refractivity contribution in [3.8, 4) is 11.3 Å². The summed E-state index contributed by atoms with van der Waals surface area (Å²) in [5.41, 5.74) is 9.72. The maximum absolute atomic E-state index is 10.5. The van der Waals surface area contributed by atoms with Crippen molar-refractivity contribution >= 4 is 11.3 Å². The minimum atomic E-state index is -0.410. The lowest BCUT2D eigenvalue weighted by molar-refractivity contribution is -0.0556. The monoisotopic (exact) mass is 409 g/mol. The number of benzene rings is 1. The van der Waals surface area contributed by atoms with Gasteiger partial charge in [0.2, 0.25) is 0 Å². The van der Waals surface area contributed by atoms with Crippen LogP contribution in [-0.4, -0.2) is 60.0 Å². The van der Waals surface area contributed by atoms with Gasteiger partial charge in [0.05, 0.1) is 30.0 Å². The fraction of sp³-hybridized carbons (Fsp3) is 0.435. The van der Waals surface area contributed by atoms with E-state index in [4.69, 9.17) is 4.74 Å². The lowest BCUT2D eigenvalue weighted by Crippen LogP contribution is -2.52. The Labute approximate surface area is 175 Å². The van der Waals surface area contributed by atoms with Gasteiger partial charge in [0, 0.05) is 36.3 Å². The van der Waals surface area contributed by atoms with Crippen LogP contribution in [0.2, 0.25) is 0 Å². The normalized spacial score (nSPS) is 25.0. The van der Waals surface area contributed by atoms with Crippen LogP contribution >= 0.6 is 11.3 Å². The summed E-state index contributed by atoms with van der Waals surface area (Å²) >= 11 is 1.63. The van der Waals surface area contributed by atoms with Gasteiger partial charge in [-0.3, -0.25) is 0 Å². The molecule has 4 heterocycles. The van der Waals surface area contributed by atoms with Crippen LogP contribution in [-0.2, 0) is 11.2 Å². The van der Waals surface area contributed by atoms with Gasteiger partial charge in [0.25, 0.3) is 0 Å². The molecule has 5 rings (SSSR count). The van der Waals surface area contributed by atoms with Crippen molar-refractivity contribution in [2.75, 3.05) is 32.8 Å². The number of aliphatic hydroxyl groups is 1. The fourth-order valence-corrected chi connectivity index (χ4v) is 5.25. The number of aromatic nitrogens is 1. The number of thiazole rings is 1. The lowest BCUT2D eigenvalue weighted by Gasteiger charge is -2.44. The van der Waals surface area contributed by atoms with Crippen LogP contribution in [0.3, 0.4) is 0 Å². The molecule has 3 aliphatic rings. The molecule has 0 unspecified atom stereocenters. The molecule has 0 radical (unpaired) electrons. The molecule has 0 saturated carbocycles. The molecule has 1 aromatic heterocycles. The SMILES string of the molecule is O[C@@H]1COCC[C@H]1N1CC=C(Cc2ccc(-c3cscn3)cc2)C2=C1CNCC2. The highest BCUT2D eigenvalue weighted by molar-refractivity contribution is 7.07. The first-order chi connectivity index (χ1) is 14.3. The zero-order valence-corrected chi connectivity index (χ0v) is 17.3. The smallest absolute Gasteiger partial charge is 0.0977 e. The highest BCUT2D eigenvalue weighted by Crippen LogP contribution is 2.33. The molecule has 0 amide bonds. The van der Waals surface area contributed by atoms with Crippen LogP contribution in [0.1, 0.15) is 18.4 Å². The summed E-state index contributed by atoms with van der Waals surface area (Å²) in [5.74, 6) is 0. The molecule has 5 nitrogen and oxygen atoms in total. The van der Waals surface area contributed by atoms with E-state index in [1.807, 2.05) is 5.51 Å². The van der Waals surface area contributed by atoms with E-state index < -0.39 is 6.10 Å². The van der Waals surface area contributed by atoms with Crippen LogP contribution in [0, 0.1) is 0 Å². The van der Waals surface area contributed by atoms with Gasteiger partial charge >= 0.3 is 0 Å². The van der Waals surface area contributed by atoms with Crippen LogP contribution in [0.5, 0.6) is 0 Å². The molecule has 1 saturated heterocycles. The van der Waals surface area contributed by atoms with E-state index >= 15 is 0 Å². The standard InChI is InChI=1S/C23H27N3O2S/c27-23-13-28-10-7-21(23)26-9-6-18(19-5-8-24-12-22(19)26)11-16-1-3-17(4-2-16)20-14-29-15-25-20/h1-4,6,14-15,21,23-24,27H,5,7-13H2/t21-,23-/m1/s1. The van der Waals surface area contributed by atoms with Crippen molar-refractivity contribution in [3.63, 3.8) is 0 Å². The second-order valence-corrected chi connectivity index (χ2v) is 8.70. The maximum Gasteiger partial charge on any atom is 0.0977 e. The Hall–Kier alpha value is -1.99. The predicted molar refractivity (Wildman–Crippen MR) is 116 cm³/mol. The summed E-state index contributed by atoms with van der Waals surface area (Å²) in [6, 6.07) is 8.97. The third kappa shape index (κ3) is 3.90. The Balaban J connectivity index is 1.36. The molecular weight excluding hydrogens is 382 g/mol. The number of hydrogen-bond donors (Lipinski definition) is 2. The molecule has 6 heteroatoms. The summed E-state index contributed by atoms with van der Waals surface area (Å²) in [7, 11) is 0. The van der Waals surface area contributed by atoms with Crippen molar-refractivity contribution in [2.45, 2.75) is 31.4 Å². The molecule has 0 bridgehead atoms. The summed E-state index contributed by atoms with van der Waals surface area (Å²) in [6.45, 7) is 3.95. The van der Waals surface area contributed by atoms with Gasteiger partial charge in [0.15, 0.2) is 0 Å². The Kier molecular flexibility index (Phi) is 5.50. The van der Waals surface area contributed by atoms with E-state index in [0.717, 1.165) is 51.2 Å². The lowest BCUT2D eigenvalue weighted by atomic mass is 9.88. The topological polar surface area (TPSA) is 57.6 Å². The minimum Gasteiger partial charge on any atom is -0.389 e. The van der Waals surface area contributed by atoms with E-state index in [2.05, 4.69) is 50.9 Å². The van der Waals surface area contributed by atoms with Crippen LogP contribution < -0.4 is 5.32 Å². The van der Waals surface area contributed by atoms with E-state index in [1.54, 1.807) is 11.3 Å². The minimum absolute atomic E-state index is 0.156. The van der Waals surface area contributed by atoms with Crippen LogP contribution in [0.4, 0.5) is 0 Å². The van der Waals surface area contributed by atoms with E-state index in [-0.39, 0.29) is 6.04 Å². The number of allylic oxidation sites excluding steroid dienone is 1. The molecule has 0 aliphatic carbocycles. The first-order valence-electron chi connectivity index (χ1n) is 10.4. The Morgan fingerprint density at radius 3 is 2.97 bits per heavy atom. The number of aliphatic hydroxyl groups excluding tert-OH is 1. The number of hydrogen-bond acceptors (Lipinski definition) is 6. The molecule has 3 aliphatic heterocycles. The quantitative estimate of drug-likeness (QED) is 0.813. The molecule has 152 valence electrons. The number of rotatable bonds is 4. The third-order valence-corrected chi connectivity index (χ3v) is 6.82. The Morgan fingerprint density at radius 1 is 1.28 bits per heavy atom. The van der Waals surface area contributed by atoms with Crippen LogP contribution in [0.25, 0.3) is 11.3 Å². The van der Waals surface area contributed by atoms with E-state index in [9.17, 15) is 5.11 Å². The maximum atomic E-state index is 10.5. The van der Waals surface area contributed by atoms with Gasteiger partial charge in [-0.05, 0) is 42.5 Å². The first kappa shape index (κ1) is 19.0. The van der Waals surface area contributed by atoms with Gasteiger partial charge in [0.1, 0.15) is 0 Å². The average Bonchev–Trinajstić information content (AvgIpc) is 3.30. The molecule has 2 atom stereocenters. The molecular formula is C23H27N3O2S. The highest BCUT2D eigenvalue weighted by Gasteiger charge is 2.34. The molecule has 29 heavy (non-hydrogen) atoms. The van der Waals surface area contributed by atoms with Gasteiger partial charge in [-0.1, -0.05) is 30.3 Å². The summed E-state index contributed by atoms with van der Waals surface area (Å²) in [6.07, 6.45) is 4.86. The van der Waals surface area contributed by atoms with Crippen molar-refractivity contribution < 1.29 is 9.84 Å². The molecule has 1 aromatic carbocycles. The highest BCUT2D eigenvalue weighted by atomic mass is 32.1. The van der Waals surface area contributed by atoms with Gasteiger partial charge in [-0.25, -0.2) is 4.98 Å². The predicted octanol–water partition coefficient (Wildman–Crippen LogP) is 2.99. The average molecular weight is 410 g/mol. The molecule has 2 aromatic rings. The molecule has 2 N–H and O–H groups in total. The number of ether oxygens (including phenoxy) is 1. The zero-order valence-electron chi connectivity index (χ0n) is 16.5. The van der Waals surface area contributed by atoms with Crippen molar-refractivity contribution in [3.05, 3.63) is 63.6 Å². The number of nitrogens with zero attached hydrogens (tertiary/aromatic N) is 2. The number of nitrogens with one attached hydrogen (secondary N) is 1. The van der Waals surface area contributed by atoms with Crippen molar-refractivity contribution in [1.82, 2.24) is 15.2 Å².